The first-order valence-corrected chi connectivity index (χ1v) is 6.44. The van der Waals surface area contributed by atoms with E-state index in [1.54, 1.807) is 0 Å². The maximum atomic E-state index is 5.91. The van der Waals surface area contributed by atoms with Crippen molar-refractivity contribution >= 4 is 11.6 Å². The van der Waals surface area contributed by atoms with Crippen molar-refractivity contribution in [3.05, 3.63) is 42.0 Å². The van der Waals surface area contributed by atoms with Crippen LogP contribution in [0.5, 0.6) is 0 Å². The average Bonchev–Trinajstić information content (AvgIpc) is 2.80. The summed E-state index contributed by atoms with van der Waals surface area (Å²) in [5, 5.41) is 8.37. The van der Waals surface area contributed by atoms with Gasteiger partial charge in [0.15, 0.2) is 5.82 Å². The predicted octanol–water partition coefficient (Wildman–Crippen LogP) is 3.35. The fourth-order valence-electron chi connectivity index (χ4n) is 1.81. The van der Waals surface area contributed by atoms with Gasteiger partial charge in [-0.25, -0.2) is 0 Å². The van der Waals surface area contributed by atoms with Crippen LogP contribution in [-0.2, 0) is 12.3 Å². The Morgan fingerprint density at radius 1 is 1.12 bits per heavy atom. The monoisotopic (exact) mass is 249 g/mol. The molecular formula is C13H16ClN3. The van der Waals surface area contributed by atoms with Crippen LogP contribution in [0.2, 0.25) is 0 Å². The summed E-state index contributed by atoms with van der Waals surface area (Å²) in [6, 6.07) is 10.1. The number of halogens is 1. The summed E-state index contributed by atoms with van der Waals surface area (Å²) in [5.74, 6) is 2.19. The third kappa shape index (κ3) is 2.67. The van der Waals surface area contributed by atoms with Crippen LogP contribution >= 0.6 is 11.6 Å². The number of alkyl halides is 1. The smallest absolute Gasteiger partial charge is 0.152 e. The van der Waals surface area contributed by atoms with E-state index in [9.17, 15) is 0 Å². The number of hydrogen-bond acceptors (Lipinski definition) is 2. The van der Waals surface area contributed by atoms with E-state index in [1.165, 1.54) is 0 Å². The Bertz CT molecular complexity index is 465. The lowest BCUT2D eigenvalue weighted by Crippen LogP contribution is -2.04. The molecule has 0 aliphatic rings. The molecule has 1 heterocycles. The fraction of sp³-hybridized carbons (Fsp3) is 0.385. The van der Waals surface area contributed by atoms with Gasteiger partial charge in [-0.2, -0.15) is 0 Å². The zero-order chi connectivity index (χ0) is 12.1. The fourth-order valence-corrected chi connectivity index (χ4v) is 1.99. The van der Waals surface area contributed by atoms with Gasteiger partial charge in [0.25, 0.3) is 0 Å². The molecule has 0 unspecified atom stereocenters. The van der Waals surface area contributed by atoms with Crippen LogP contribution in [0.15, 0.2) is 30.3 Å². The van der Waals surface area contributed by atoms with Crippen molar-refractivity contribution in [1.29, 1.82) is 0 Å². The third-order valence-electron chi connectivity index (χ3n) is 2.68. The number of aryl methyl sites for hydroxylation is 1. The molecule has 4 heteroatoms. The minimum atomic E-state index is 0.383. The Hall–Kier alpha value is -1.35. The first kappa shape index (κ1) is 12.1. The molecule has 0 atom stereocenters. The number of nitrogens with zero attached hydrogens (tertiary/aromatic N) is 3. The average molecular weight is 250 g/mol. The van der Waals surface area contributed by atoms with Gasteiger partial charge in [-0.3, -0.25) is 4.57 Å². The molecular weight excluding hydrogens is 234 g/mol. The predicted molar refractivity (Wildman–Crippen MR) is 69.5 cm³/mol. The number of rotatable bonds is 5. The molecule has 0 aliphatic heterocycles. The van der Waals surface area contributed by atoms with Gasteiger partial charge in [-0.1, -0.05) is 31.5 Å². The highest BCUT2D eigenvalue weighted by Gasteiger charge is 2.11. The van der Waals surface area contributed by atoms with E-state index in [2.05, 4.69) is 33.8 Å². The van der Waals surface area contributed by atoms with E-state index in [0.29, 0.717) is 5.88 Å². The number of para-hydroxylation sites is 1. The summed E-state index contributed by atoms with van der Waals surface area (Å²) in [7, 11) is 0. The van der Waals surface area contributed by atoms with Crippen molar-refractivity contribution in [2.45, 2.75) is 32.1 Å². The maximum absolute atomic E-state index is 5.91. The normalized spacial score (nSPS) is 10.7. The second-order valence-electron chi connectivity index (χ2n) is 3.94. The third-order valence-corrected chi connectivity index (χ3v) is 2.92. The summed E-state index contributed by atoms with van der Waals surface area (Å²) in [6.07, 6.45) is 3.21. The highest BCUT2D eigenvalue weighted by Crippen LogP contribution is 2.15. The summed E-state index contributed by atoms with van der Waals surface area (Å²) in [5.41, 5.74) is 1.08. The van der Waals surface area contributed by atoms with E-state index in [4.69, 9.17) is 11.6 Å². The maximum Gasteiger partial charge on any atom is 0.152 e. The molecule has 0 saturated carbocycles. The van der Waals surface area contributed by atoms with Gasteiger partial charge in [0.05, 0.1) is 5.88 Å². The molecule has 3 nitrogen and oxygen atoms in total. The molecule has 0 aliphatic carbocycles. The topological polar surface area (TPSA) is 30.7 Å². The molecule has 0 radical (unpaired) electrons. The standard InChI is InChI=1S/C13H16ClN3/c1-2-3-9-12-15-16-13(10-14)17(12)11-7-5-4-6-8-11/h4-8H,2-3,9-10H2,1H3. The van der Waals surface area contributed by atoms with Crippen molar-refractivity contribution in [1.82, 2.24) is 14.8 Å². The summed E-state index contributed by atoms with van der Waals surface area (Å²) in [6.45, 7) is 2.17. The van der Waals surface area contributed by atoms with E-state index in [-0.39, 0.29) is 0 Å². The summed E-state index contributed by atoms with van der Waals surface area (Å²) in [4.78, 5) is 0. The van der Waals surface area contributed by atoms with Crippen LogP contribution in [0.25, 0.3) is 5.69 Å². The highest BCUT2D eigenvalue weighted by molar-refractivity contribution is 6.16. The quantitative estimate of drug-likeness (QED) is 0.761. The summed E-state index contributed by atoms with van der Waals surface area (Å²) >= 11 is 5.91. The zero-order valence-electron chi connectivity index (χ0n) is 9.93. The van der Waals surface area contributed by atoms with Crippen molar-refractivity contribution in [3.8, 4) is 5.69 Å². The van der Waals surface area contributed by atoms with Gasteiger partial charge in [0.2, 0.25) is 0 Å². The Morgan fingerprint density at radius 3 is 2.47 bits per heavy atom. The van der Waals surface area contributed by atoms with Gasteiger partial charge in [-0.05, 0) is 18.6 Å². The second-order valence-corrected chi connectivity index (χ2v) is 4.21. The van der Waals surface area contributed by atoms with Gasteiger partial charge in [-0.15, -0.1) is 21.8 Å². The van der Waals surface area contributed by atoms with Gasteiger partial charge >= 0.3 is 0 Å². The Kier molecular flexibility index (Phi) is 4.15. The molecule has 0 N–H and O–H groups in total. The Morgan fingerprint density at radius 2 is 1.82 bits per heavy atom. The molecule has 0 amide bonds. The Labute approximate surface area is 106 Å². The zero-order valence-corrected chi connectivity index (χ0v) is 10.7. The summed E-state index contributed by atoms with van der Waals surface area (Å²) < 4.78 is 2.06. The number of unbranched alkanes of at least 4 members (excludes halogenated alkanes) is 1. The van der Waals surface area contributed by atoms with Gasteiger partial charge in [0, 0.05) is 12.1 Å². The molecule has 1 aromatic carbocycles. The minimum Gasteiger partial charge on any atom is -0.282 e. The van der Waals surface area contributed by atoms with E-state index in [0.717, 1.165) is 36.6 Å². The van der Waals surface area contributed by atoms with Crippen LogP contribution < -0.4 is 0 Å². The van der Waals surface area contributed by atoms with E-state index >= 15 is 0 Å². The largest absolute Gasteiger partial charge is 0.282 e. The number of aromatic nitrogens is 3. The van der Waals surface area contributed by atoms with Crippen LogP contribution in [0.4, 0.5) is 0 Å². The molecule has 2 rings (SSSR count). The molecule has 0 spiro atoms. The van der Waals surface area contributed by atoms with Crippen molar-refractivity contribution in [2.75, 3.05) is 0 Å². The Balaban J connectivity index is 2.39. The SMILES string of the molecule is CCCCc1nnc(CCl)n1-c1ccccc1. The van der Waals surface area contributed by atoms with Crippen LogP contribution in [-0.4, -0.2) is 14.8 Å². The molecule has 0 saturated heterocycles. The number of benzene rings is 1. The number of hydrogen-bond donors (Lipinski definition) is 0. The molecule has 1 aromatic heterocycles. The van der Waals surface area contributed by atoms with E-state index < -0.39 is 0 Å². The van der Waals surface area contributed by atoms with Crippen LogP contribution in [0.3, 0.4) is 0 Å². The van der Waals surface area contributed by atoms with Gasteiger partial charge in [0.1, 0.15) is 5.82 Å². The first-order chi connectivity index (χ1) is 8.36. The first-order valence-electron chi connectivity index (χ1n) is 5.91. The minimum absolute atomic E-state index is 0.383. The van der Waals surface area contributed by atoms with Crippen molar-refractivity contribution in [2.24, 2.45) is 0 Å². The molecule has 0 bridgehead atoms. The molecule has 90 valence electrons. The molecule has 17 heavy (non-hydrogen) atoms. The molecule has 2 aromatic rings. The van der Waals surface area contributed by atoms with Gasteiger partial charge < -0.3 is 0 Å². The second kappa shape index (κ2) is 5.82. The molecule has 0 fully saturated rings. The van der Waals surface area contributed by atoms with Crippen LogP contribution in [0, 0.1) is 0 Å². The lowest BCUT2D eigenvalue weighted by atomic mass is 10.2. The lowest BCUT2D eigenvalue weighted by Gasteiger charge is -2.08. The van der Waals surface area contributed by atoms with Crippen molar-refractivity contribution in [3.63, 3.8) is 0 Å². The van der Waals surface area contributed by atoms with Crippen LogP contribution in [0.1, 0.15) is 31.4 Å². The van der Waals surface area contributed by atoms with E-state index in [1.807, 2.05) is 18.2 Å². The lowest BCUT2D eigenvalue weighted by molar-refractivity contribution is 0.732. The van der Waals surface area contributed by atoms with Crippen molar-refractivity contribution < 1.29 is 0 Å². The highest BCUT2D eigenvalue weighted by atomic mass is 35.5.